The van der Waals surface area contributed by atoms with Crippen LogP contribution < -0.4 is 5.32 Å². The topological polar surface area (TPSA) is 12.0 Å². The molecule has 0 aromatic heterocycles. The molecule has 1 heterocycles. The summed E-state index contributed by atoms with van der Waals surface area (Å²) in [6, 6.07) is 0.0688. The Hall–Kier alpha value is -0.110. The second-order valence-corrected chi connectivity index (χ2v) is 5.04. The lowest BCUT2D eigenvalue weighted by molar-refractivity contribution is -0.00202. The molecule has 82 valence electrons. The molecule has 0 amide bonds. The van der Waals surface area contributed by atoms with Gasteiger partial charge in [-0.25, -0.2) is 4.39 Å². The van der Waals surface area contributed by atoms with Crippen LogP contribution in [0.4, 0.5) is 4.39 Å². The largest absolute Gasteiger partial charge is 0.311 e. The maximum Gasteiger partial charge on any atom is 0.128 e. The third kappa shape index (κ3) is 1.81. The summed E-state index contributed by atoms with van der Waals surface area (Å²) >= 11 is 0. The molecule has 2 unspecified atom stereocenters. The fraction of sp³-hybridized carbons (Fsp3) is 1.00. The molecule has 1 saturated heterocycles. The molecule has 0 radical (unpaired) electrons. The van der Waals surface area contributed by atoms with Gasteiger partial charge >= 0.3 is 0 Å². The van der Waals surface area contributed by atoms with Crippen LogP contribution in [0.2, 0.25) is 0 Å². The minimum Gasteiger partial charge on any atom is -0.311 e. The molecule has 1 N–H and O–H groups in total. The summed E-state index contributed by atoms with van der Waals surface area (Å²) in [6.45, 7) is 3.02. The first-order valence-corrected chi connectivity index (χ1v) is 6.16. The molecule has 1 aliphatic heterocycles. The summed E-state index contributed by atoms with van der Waals surface area (Å²) in [5.74, 6) is 0.332. The van der Waals surface area contributed by atoms with Gasteiger partial charge in [0.1, 0.15) is 5.67 Å². The number of hydrogen-bond donors (Lipinski definition) is 1. The summed E-state index contributed by atoms with van der Waals surface area (Å²) in [4.78, 5) is 0. The normalized spacial score (nSPS) is 41.1. The van der Waals surface area contributed by atoms with E-state index in [0.717, 1.165) is 32.2 Å². The third-order valence-electron chi connectivity index (χ3n) is 4.19. The lowest BCUT2D eigenvalue weighted by Crippen LogP contribution is -2.54. The quantitative estimate of drug-likeness (QED) is 0.684. The van der Waals surface area contributed by atoms with Crippen LogP contribution in [0, 0.1) is 5.92 Å². The highest BCUT2D eigenvalue weighted by molar-refractivity contribution is 4.98. The van der Waals surface area contributed by atoms with Gasteiger partial charge in [-0.1, -0.05) is 19.3 Å². The van der Waals surface area contributed by atoms with Crippen LogP contribution in [-0.4, -0.2) is 18.3 Å². The van der Waals surface area contributed by atoms with Crippen LogP contribution >= 0.6 is 0 Å². The minimum absolute atomic E-state index is 0.0688. The summed E-state index contributed by atoms with van der Waals surface area (Å²) in [5, 5.41) is 3.29. The Morgan fingerprint density at radius 3 is 2.50 bits per heavy atom. The summed E-state index contributed by atoms with van der Waals surface area (Å²) < 4.78 is 14.8. The Labute approximate surface area is 86.5 Å². The van der Waals surface area contributed by atoms with Gasteiger partial charge in [-0.15, -0.1) is 0 Å². The van der Waals surface area contributed by atoms with Crippen molar-refractivity contribution in [1.82, 2.24) is 5.32 Å². The van der Waals surface area contributed by atoms with Crippen LogP contribution in [0.15, 0.2) is 0 Å². The van der Waals surface area contributed by atoms with Crippen molar-refractivity contribution in [3.05, 3.63) is 0 Å². The molecule has 0 aromatic rings. The molecule has 0 aromatic carbocycles. The van der Waals surface area contributed by atoms with Crippen LogP contribution in [0.3, 0.4) is 0 Å². The smallest absolute Gasteiger partial charge is 0.128 e. The minimum atomic E-state index is -0.904. The van der Waals surface area contributed by atoms with Crippen LogP contribution in [-0.2, 0) is 0 Å². The Morgan fingerprint density at radius 1 is 1.14 bits per heavy atom. The lowest BCUT2D eigenvalue weighted by atomic mass is 9.71. The van der Waals surface area contributed by atoms with Crippen LogP contribution in [0.5, 0.6) is 0 Å². The summed E-state index contributed by atoms with van der Waals surface area (Å²) in [6.07, 6.45) is 7.81. The monoisotopic (exact) mass is 199 g/mol. The average molecular weight is 199 g/mol. The van der Waals surface area contributed by atoms with E-state index < -0.39 is 5.67 Å². The van der Waals surface area contributed by atoms with E-state index in [-0.39, 0.29) is 6.04 Å². The fourth-order valence-corrected chi connectivity index (χ4v) is 3.20. The number of alkyl halides is 1. The maximum absolute atomic E-state index is 14.8. The Bertz CT molecular complexity index is 189. The van der Waals surface area contributed by atoms with Gasteiger partial charge in [0.15, 0.2) is 0 Å². The van der Waals surface area contributed by atoms with Gasteiger partial charge < -0.3 is 5.32 Å². The molecule has 0 bridgehead atoms. The maximum atomic E-state index is 14.8. The van der Waals surface area contributed by atoms with E-state index in [1.54, 1.807) is 0 Å². The number of rotatable bonds is 1. The zero-order chi connectivity index (χ0) is 10.0. The predicted molar refractivity (Wildman–Crippen MR) is 57.1 cm³/mol. The zero-order valence-electron chi connectivity index (χ0n) is 9.19. The summed E-state index contributed by atoms with van der Waals surface area (Å²) in [7, 11) is 0. The molecule has 2 atom stereocenters. The van der Waals surface area contributed by atoms with Gasteiger partial charge in [-0.3, -0.25) is 0 Å². The SMILES string of the molecule is CC1NCCCC1(F)C1CCCCC1. The fourth-order valence-electron chi connectivity index (χ4n) is 3.20. The van der Waals surface area contributed by atoms with Crippen molar-refractivity contribution >= 4 is 0 Å². The van der Waals surface area contributed by atoms with E-state index >= 15 is 0 Å². The lowest BCUT2D eigenvalue weighted by Gasteiger charge is -2.43. The van der Waals surface area contributed by atoms with E-state index in [0.29, 0.717) is 5.92 Å². The van der Waals surface area contributed by atoms with Gasteiger partial charge in [-0.05, 0) is 45.1 Å². The van der Waals surface area contributed by atoms with Crippen molar-refractivity contribution in [2.45, 2.75) is 63.6 Å². The molecule has 2 rings (SSSR count). The van der Waals surface area contributed by atoms with Crippen molar-refractivity contribution in [2.24, 2.45) is 5.92 Å². The number of piperidine rings is 1. The average Bonchev–Trinajstić information content (AvgIpc) is 2.24. The Balaban J connectivity index is 2.03. The van der Waals surface area contributed by atoms with Crippen molar-refractivity contribution < 1.29 is 4.39 Å². The molecule has 14 heavy (non-hydrogen) atoms. The van der Waals surface area contributed by atoms with Gasteiger partial charge in [-0.2, -0.15) is 0 Å². The molecule has 2 fully saturated rings. The highest BCUT2D eigenvalue weighted by Crippen LogP contribution is 2.41. The number of nitrogens with one attached hydrogen (secondary N) is 1. The van der Waals surface area contributed by atoms with Crippen molar-refractivity contribution in [3.63, 3.8) is 0 Å². The number of hydrogen-bond acceptors (Lipinski definition) is 1. The van der Waals surface area contributed by atoms with E-state index in [1.807, 2.05) is 6.92 Å². The zero-order valence-corrected chi connectivity index (χ0v) is 9.19. The second kappa shape index (κ2) is 4.18. The van der Waals surface area contributed by atoms with Crippen molar-refractivity contribution in [2.75, 3.05) is 6.54 Å². The van der Waals surface area contributed by atoms with Crippen molar-refractivity contribution in [3.8, 4) is 0 Å². The molecule has 1 nitrogen and oxygen atoms in total. The molecule has 1 saturated carbocycles. The van der Waals surface area contributed by atoms with E-state index in [1.165, 1.54) is 19.3 Å². The van der Waals surface area contributed by atoms with Gasteiger partial charge in [0.25, 0.3) is 0 Å². The van der Waals surface area contributed by atoms with Crippen molar-refractivity contribution in [1.29, 1.82) is 0 Å². The Kier molecular flexibility index (Phi) is 3.10. The highest BCUT2D eigenvalue weighted by atomic mass is 19.1. The molecule has 1 aliphatic carbocycles. The standard InChI is InChI=1S/C12H22FN/c1-10-12(13,8-5-9-14-10)11-6-3-2-4-7-11/h10-11,14H,2-9H2,1H3. The first-order chi connectivity index (χ1) is 6.73. The van der Waals surface area contributed by atoms with Crippen LogP contribution in [0.1, 0.15) is 51.9 Å². The first-order valence-electron chi connectivity index (χ1n) is 6.16. The van der Waals surface area contributed by atoms with Gasteiger partial charge in [0, 0.05) is 6.04 Å². The Morgan fingerprint density at radius 2 is 1.86 bits per heavy atom. The number of halogens is 1. The third-order valence-corrected chi connectivity index (χ3v) is 4.19. The molecular weight excluding hydrogens is 177 g/mol. The van der Waals surface area contributed by atoms with E-state index in [2.05, 4.69) is 5.32 Å². The first kappa shape index (κ1) is 10.4. The van der Waals surface area contributed by atoms with Crippen LogP contribution in [0.25, 0.3) is 0 Å². The van der Waals surface area contributed by atoms with E-state index in [4.69, 9.17) is 0 Å². The molecule has 2 heteroatoms. The predicted octanol–water partition coefficient (Wildman–Crippen LogP) is 3.05. The second-order valence-electron chi connectivity index (χ2n) is 5.04. The molecular formula is C12H22FN. The highest BCUT2D eigenvalue weighted by Gasteiger charge is 2.45. The molecule has 2 aliphatic rings. The van der Waals surface area contributed by atoms with Gasteiger partial charge in [0.2, 0.25) is 0 Å². The summed E-state index contributed by atoms with van der Waals surface area (Å²) in [5.41, 5.74) is -0.904. The van der Waals surface area contributed by atoms with E-state index in [9.17, 15) is 4.39 Å². The van der Waals surface area contributed by atoms with Gasteiger partial charge in [0.05, 0.1) is 0 Å². The molecule has 0 spiro atoms.